The topological polar surface area (TPSA) is 99.2 Å². The third-order valence-electron chi connectivity index (χ3n) is 6.96. The SMILES string of the molecule is C[C@@H]1CC[C@@H](C(=O)Nc2cc(C(F)(F)F)ccc2-c2cc(Nc3cccc4c3CC(O)CC4)ncn2)N1. The number of fused-ring (bicyclic) bond motifs is 1. The van der Waals surface area contributed by atoms with Crippen LogP contribution >= 0.6 is 0 Å². The molecule has 1 unspecified atom stereocenters. The van der Waals surface area contributed by atoms with Crippen molar-refractivity contribution in [3.63, 3.8) is 0 Å². The fourth-order valence-electron chi connectivity index (χ4n) is 5.00. The van der Waals surface area contributed by atoms with Crippen LogP contribution in [-0.2, 0) is 23.8 Å². The molecule has 7 nitrogen and oxygen atoms in total. The molecule has 3 aromatic rings. The number of hydrogen-bond donors (Lipinski definition) is 4. The number of aliphatic hydroxyl groups excluding tert-OH is 1. The molecule has 10 heteroatoms. The molecule has 2 heterocycles. The first kappa shape index (κ1) is 25.2. The van der Waals surface area contributed by atoms with Crippen LogP contribution in [0.3, 0.4) is 0 Å². The highest BCUT2D eigenvalue weighted by molar-refractivity contribution is 5.98. The van der Waals surface area contributed by atoms with Gasteiger partial charge in [-0.05, 0) is 61.9 Å². The van der Waals surface area contributed by atoms with E-state index in [-0.39, 0.29) is 17.6 Å². The van der Waals surface area contributed by atoms with Gasteiger partial charge in [-0.25, -0.2) is 9.97 Å². The molecule has 0 spiro atoms. The van der Waals surface area contributed by atoms with E-state index in [9.17, 15) is 23.1 Å². The number of aromatic nitrogens is 2. The maximum absolute atomic E-state index is 13.5. The van der Waals surface area contributed by atoms with Gasteiger partial charge in [0.1, 0.15) is 12.1 Å². The Labute approximate surface area is 212 Å². The quantitative estimate of drug-likeness (QED) is 0.392. The van der Waals surface area contributed by atoms with Crippen molar-refractivity contribution in [3.05, 3.63) is 65.5 Å². The van der Waals surface area contributed by atoms with Gasteiger partial charge in [-0.2, -0.15) is 13.2 Å². The molecule has 1 aliphatic heterocycles. The molecule has 0 bridgehead atoms. The number of aryl methyl sites for hydroxylation is 1. The largest absolute Gasteiger partial charge is 0.416 e. The van der Waals surface area contributed by atoms with Crippen molar-refractivity contribution in [2.75, 3.05) is 10.6 Å². The lowest BCUT2D eigenvalue weighted by molar-refractivity contribution is -0.137. The zero-order valence-corrected chi connectivity index (χ0v) is 20.3. The van der Waals surface area contributed by atoms with Gasteiger partial charge in [0.05, 0.1) is 29.1 Å². The molecular formula is C27H28F3N5O2. The van der Waals surface area contributed by atoms with Gasteiger partial charge in [0.15, 0.2) is 0 Å². The van der Waals surface area contributed by atoms with Gasteiger partial charge in [0.25, 0.3) is 0 Å². The number of carbonyl (C=O) groups is 1. The summed E-state index contributed by atoms with van der Waals surface area (Å²) in [5.41, 5.74) is 2.87. The first-order valence-electron chi connectivity index (χ1n) is 12.3. The Hall–Kier alpha value is -3.50. The van der Waals surface area contributed by atoms with Crippen LogP contribution in [0.2, 0.25) is 0 Å². The van der Waals surface area contributed by atoms with Crippen molar-refractivity contribution >= 4 is 23.1 Å². The molecule has 1 amide bonds. The van der Waals surface area contributed by atoms with E-state index in [2.05, 4.69) is 25.9 Å². The van der Waals surface area contributed by atoms with E-state index in [0.717, 1.165) is 41.8 Å². The predicted octanol–water partition coefficient (Wildman–Crippen LogP) is 4.83. The normalized spacial score (nSPS) is 21.4. The smallest absolute Gasteiger partial charge is 0.393 e. The second-order valence-electron chi connectivity index (χ2n) is 9.70. The van der Waals surface area contributed by atoms with Crippen LogP contribution in [0.5, 0.6) is 0 Å². The van der Waals surface area contributed by atoms with Crippen LogP contribution < -0.4 is 16.0 Å². The average molecular weight is 512 g/mol. The second-order valence-corrected chi connectivity index (χ2v) is 9.70. The minimum Gasteiger partial charge on any atom is -0.393 e. The van der Waals surface area contributed by atoms with Crippen LogP contribution in [0, 0.1) is 0 Å². The molecule has 0 radical (unpaired) electrons. The van der Waals surface area contributed by atoms with Gasteiger partial charge >= 0.3 is 6.18 Å². The Morgan fingerprint density at radius 1 is 1.08 bits per heavy atom. The number of amides is 1. The summed E-state index contributed by atoms with van der Waals surface area (Å²) in [6.07, 6.45) is -0.200. The molecule has 4 N–H and O–H groups in total. The molecule has 37 heavy (non-hydrogen) atoms. The van der Waals surface area contributed by atoms with E-state index in [1.807, 2.05) is 25.1 Å². The monoisotopic (exact) mass is 511 g/mol. The number of aliphatic hydroxyl groups is 1. The van der Waals surface area contributed by atoms with Crippen LogP contribution in [0.1, 0.15) is 42.9 Å². The maximum atomic E-state index is 13.5. The molecule has 194 valence electrons. The number of carbonyl (C=O) groups excluding carboxylic acids is 1. The molecule has 1 saturated heterocycles. The van der Waals surface area contributed by atoms with Crippen LogP contribution in [0.25, 0.3) is 11.3 Å². The lowest BCUT2D eigenvalue weighted by atomic mass is 9.88. The lowest BCUT2D eigenvalue weighted by Gasteiger charge is -2.23. The van der Waals surface area contributed by atoms with Crippen molar-refractivity contribution < 1.29 is 23.1 Å². The van der Waals surface area contributed by atoms with E-state index in [1.165, 1.54) is 12.4 Å². The average Bonchev–Trinajstić information content (AvgIpc) is 3.30. The maximum Gasteiger partial charge on any atom is 0.416 e. The molecule has 1 fully saturated rings. The third-order valence-corrected chi connectivity index (χ3v) is 6.96. The van der Waals surface area contributed by atoms with Gasteiger partial charge in [-0.15, -0.1) is 0 Å². The minimum atomic E-state index is -4.56. The molecule has 1 aliphatic carbocycles. The summed E-state index contributed by atoms with van der Waals surface area (Å²) in [4.78, 5) is 21.4. The molecule has 2 aromatic carbocycles. The molecule has 5 rings (SSSR count). The van der Waals surface area contributed by atoms with Crippen molar-refractivity contribution in [1.82, 2.24) is 15.3 Å². The summed E-state index contributed by atoms with van der Waals surface area (Å²) in [7, 11) is 0. The highest BCUT2D eigenvalue weighted by atomic mass is 19.4. The van der Waals surface area contributed by atoms with E-state index in [4.69, 9.17) is 0 Å². The number of hydrogen-bond acceptors (Lipinski definition) is 6. The summed E-state index contributed by atoms with van der Waals surface area (Å²) in [5, 5.41) is 19.3. The molecule has 1 aromatic heterocycles. The van der Waals surface area contributed by atoms with Crippen molar-refractivity contribution in [2.24, 2.45) is 0 Å². The van der Waals surface area contributed by atoms with Gasteiger partial charge < -0.3 is 21.1 Å². The van der Waals surface area contributed by atoms with Crippen molar-refractivity contribution in [2.45, 2.75) is 63.4 Å². The predicted molar refractivity (Wildman–Crippen MR) is 134 cm³/mol. The number of benzene rings is 2. The summed E-state index contributed by atoms with van der Waals surface area (Å²) >= 11 is 0. The van der Waals surface area contributed by atoms with Gasteiger partial charge in [-0.1, -0.05) is 18.2 Å². The number of rotatable bonds is 5. The number of halogens is 3. The van der Waals surface area contributed by atoms with E-state index >= 15 is 0 Å². The lowest BCUT2D eigenvalue weighted by Crippen LogP contribution is -2.38. The Balaban J connectivity index is 1.46. The zero-order valence-electron chi connectivity index (χ0n) is 20.3. The minimum absolute atomic E-state index is 0.0334. The summed E-state index contributed by atoms with van der Waals surface area (Å²) in [6, 6.07) is 10.4. The first-order valence-corrected chi connectivity index (χ1v) is 12.3. The number of anilines is 3. The first-order chi connectivity index (χ1) is 17.7. The van der Waals surface area contributed by atoms with E-state index in [1.54, 1.807) is 6.07 Å². The number of alkyl halides is 3. The van der Waals surface area contributed by atoms with E-state index in [0.29, 0.717) is 36.3 Å². The van der Waals surface area contributed by atoms with Gasteiger partial charge in [-0.3, -0.25) is 4.79 Å². The van der Waals surface area contributed by atoms with Gasteiger partial charge in [0, 0.05) is 29.8 Å². The van der Waals surface area contributed by atoms with Crippen molar-refractivity contribution in [3.8, 4) is 11.3 Å². The second kappa shape index (κ2) is 10.1. The third kappa shape index (κ3) is 5.60. The number of nitrogens with zero attached hydrogens (tertiary/aromatic N) is 2. The Bertz CT molecular complexity index is 1310. The summed E-state index contributed by atoms with van der Waals surface area (Å²) in [6.45, 7) is 1.96. The van der Waals surface area contributed by atoms with Crippen LogP contribution in [0.15, 0.2) is 48.8 Å². The summed E-state index contributed by atoms with van der Waals surface area (Å²) < 4.78 is 40.5. The number of nitrogens with one attached hydrogen (secondary N) is 3. The Morgan fingerprint density at radius 3 is 2.68 bits per heavy atom. The molecule has 0 saturated carbocycles. The van der Waals surface area contributed by atoms with Crippen LogP contribution in [-0.4, -0.2) is 39.2 Å². The zero-order chi connectivity index (χ0) is 26.2. The van der Waals surface area contributed by atoms with Gasteiger partial charge in [0.2, 0.25) is 5.91 Å². The Morgan fingerprint density at radius 2 is 1.92 bits per heavy atom. The standard InChI is InChI=1S/C27H28F3N5O2/c1-15-5-10-22(33-15)26(37)35-24-11-17(27(28,29)30)7-9-19(24)23-13-25(32-14-31-23)34-21-4-2-3-16-6-8-18(36)12-20(16)21/h2-4,7,9,11,13-15,18,22,33,36H,5-6,8,10,12H2,1H3,(H,35,37)(H,31,32,34)/t15-,18?,22+/m1/s1. The van der Waals surface area contributed by atoms with E-state index < -0.39 is 23.9 Å². The fraction of sp³-hybridized carbons (Fsp3) is 0.370. The highest BCUT2D eigenvalue weighted by Crippen LogP contribution is 2.36. The molecular weight excluding hydrogens is 483 g/mol. The Kier molecular flexibility index (Phi) is 6.87. The molecule has 3 atom stereocenters. The fourth-order valence-corrected chi connectivity index (χ4v) is 5.00. The van der Waals surface area contributed by atoms with Crippen LogP contribution in [0.4, 0.5) is 30.4 Å². The highest BCUT2D eigenvalue weighted by Gasteiger charge is 2.32. The molecule has 2 aliphatic rings. The van der Waals surface area contributed by atoms with Crippen molar-refractivity contribution in [1.29, 1.82) is 0 Å². The summed E-state index contributed by atoms with van der Waals surface area (Å²) in [5.74, 6) is 0.0636.